The highest BCUT2D eigenvalue weighted by atomic mass is 35.5. The number of esters is 1. The largest absolute Gasteiger partial charge is 0.469 e. The van der Waals surface area contributed by atoms with Crippen molar-refractivity contribution in [1.29, 1.82) is 0 Å². The molecule has 0 amide bonds. The molecule has 1 N–H and O–H groups in total. The fourth-order valence-corrected chi connectivity index (χ4v) is 1.72. The number of halogens is 2. The van der Waals surface area contributed by atoms with E-state index in [0.717, 1.165) is 6.07 Å². The maximum Gasteiger partial charge on any atom is 0.311 e. The summed E-state index contributed by atoms with van der Waals surface area (Å²) >= 11 is 5.54. The quantitative estimate of drug-likeness (QED) is 0.847. The molecule has 0 aromatic heterocycles. The van der Waals surface area contributed by atoms with E-state index in [-0.39, 0.29) is 5.02 Å². The Morgan fingerprint density at radius 3 is 2.71 bits per heavy atom. The molecule has 3 nitrogen and oxygen atoms in total. The van der Waals surface area contributed by atoms with Gasteiger partial charge in [0.1, 0.15) is 5.82 Å². The monoisotopic (exact) mass is 260 g/mol. The molecule has 0 aliphatic rings. The number of hydrogen-bond acceptors (Lipinski definition) is 3. The zero-order chi connectivity index (χ0) is 13.0. The molecule has 1 aromatic carbocycles. The lowest BCUT2D eigenvalue weighted by Gasteiger charge is -2.19. The smallest absolute Gasteiger partial charge is 0.311 e. The van der Waals surface area contributed by atoms with E-state index < -0.39 is 23.8 Å². The predicted octanol–water partition coefficient (Wildman–Crippen LogP) is 2.71. The second-order valence-corrected chi connectivity index (χ2v) is 4.06. The first-order valence-electron chi connectivity index (χ1n) is 5.22. The van der Waals surface area contributed by atoms with Crippen LogP contribution in [0.15, 0.2) is 18.2 Å². The van der Waals surface area contributed by atoms with Gasteiger partial charge in [0.05, 0.1) is 24.2 Å². The number of rotatable bonds is 4. The molecular formula is C12H14ClFO3. The van der Waals surface area contributed by atoms with Crippen molar-refractivity contribution < 1.29 is 19.0 Å². The van der Waals surface area contributed by atoms with Crippen molar-refractivity contribution >= 4 is 17.6 Å². The van der Waals surface area contributed by atoms with Crippen LogP contribution in [0.3, 0.4) is 0 Å². The van der Waals surface area contributed by atoms with Crippen molar-refractivity contribution in [2.24, 2.45) is 5.92 Å². The summed E-state index contributed by atoms with van der Waals surface area (Å²) in [5, 5.41) is 9.97. The van der Waals surface area contributed by atoms with Crippen LogP contribution < -0.4 is 0 Å². The lowest BCUT2D eigenvalue weighted by atomic mass is 9.93. The average molecular weight is 261 g/mol. The van der Waals surface area contributed by atoms with Crippen LogP contribution in [-0.2, 0) is 9.53 Å². The summed E-state index contributed by atoms with van der Waals surface area (Å²) < 4.78 is 17.8. The van der Waals surface area contributed by atoms with Crippen LogP contribution in [-0.4, -0.2) is 18.2 Å². The van der Waals surface area contributed by atoms with Gasteiger partial charge in [0, 0.05) is 0 Å². The Morgan fingerprint density at radius 2 is 2.24 bits per heavy atom. The third-order valence-electron chi connectivity index (χ3n) is 2.61. The van der Waals surface area contributed by atoms with Crippen LogP contribution in [0.1, 0.15) is 25.0 Å². The number of benzene rings is 1. The summed E-state index contributed by atoms with van der Waals surface area (Å²) in [5.74, 6) is -1.85. The first kappa shape index (κ1) is 13.9. The number of carbonyl (C=O) groups excluding carboxylic acids is 1. The SMILES string of the molecule is CCC(C(=O)OC)C(O)c1ccc(Cl)c(F)c1. The lowest BCUT2D eigenvalue weighted by Crippen LogP contribution is -2.23. The van der Waals surface area contributed by atoms with Crippen LogP contribution in [0.2, 0.25) is 5.02 Å². The number of aliphatic hydroxyl groups excluding tert-OH is 1. The molecule has 0 saturated carbocycles. The van der Waals surface area contributed by atoms with Gasteiger partial charge in [-0.3, -0.25) is 4.79 Å². The van der Waals surface area contributed by atoms with E-state index in [2.05, 4.69) is 4.74 Å². The molecule has 0 radical (unpaired) electrons. The molecule has 2 atom stereocenters. The lowest BCUT2D eigenvalue weighted by molar-refractivity contribution is -0.149. The highest BCUT2D eigenvalue weighted by molar-refractivity contribution is 6.30. The average Bonchev–Trinajstić information content (AvgIpc) is 2.33. The van der Waals surface area contributed by atoms with Crippen LogP contribution in [0.5, 0.6) is 0 Å². The Balaban J connectivity index is 2.97. The topological polar surface area (TPSA) is 46.5 Å². The molecule has 0 heterocycles. The number of ether oxygens (including phenoxy) is 1. The van der Waals surface area contributed by atoms with Crippen molar-refractivity contribution in [2.75, 3.05) is 7.11 Å². The van der Waals surface area contributed by atoms with E-state index in [1.807, 2.05) is 0 Å². The zero-order valence-electron chi connectivity index (χ0n) is 9.61. The number of methoxy groups -OCH3 is 1. The second-order valence-electron chi connectivity index (χ2n) is 3.66. The Kier molecular flexibility index (Phi) is 4.90. The van der Waals surface area contributed by atoms with Crippen LogP contribution in [0, 0.1) is 11.7 Å². The standard InChI is InChI=1S/C12H14ClFO3/c1-3-8(12(16)17-2)11(15)7-4-5-9(13)10(14)6-7/h4-6,8,11,15H,3H2,1-2H3. The fourth-order valence-electron chi connectivity index (χ4n) is 1.60. The Bertz CT molecular complexity index is 409. The van der Waals surface area contributed by atoms with Gasteiger partial charge in [0.2, 0.25) is 0 Å². The molecule has 0 bridgehead atoms. The molecule has 2 unspecified atom stereocenters. The van der Waals surface area contributed by atoms with Gasteiger partial charge in [-0.15, -0.1) is 0 Å². The van der Waals surface area contributed by atoms with Crippen molar-refractivity contribution in [3.05, 3.63) is 34.6 Å². The highest BCUT2D eigenvalue weighted by Crippen LogP contribution is 2.28. The predicted molar refractivity (Wildman–Crippen MR) is 62.2 cm³/mol. The highest BCUT2D eigenvalue weighted by Gasteiger charge is 2.27. The number of aliphatic hydroxyl groups is 1. The molecule has 17 heavy (non-hydrogen) atoms. The molecule has 0 fully saturated rings. The Morgan fingerprint density at radius 1 is 1.59 bits per heavy atom. The van der Waals surface area contributed by atoms with E-state index in [1.165, 1.54) is 19.2 Å². The molecule has 1 aromatic rings. The summed E-state index contributed by atoms with van der Waals surface area (Å²) in [5.41, 5.74) is 0.309. The van der Waals surface area contributed by atoms with Gasteiger partial charge in [-0.25, -0.2) is 4.39 Å². The van der Waals surface area contributed by atoms with E-state index >= 15 is 0 Å². The van der Waals surface area contributed by atoms with Crippen molar-refractivity contribution in [1.82, 2.24) is 0 Å². The van der Waals surface area contributed by atoms with Gasteiger partial charge >= 0.3 is 5.97 Å². The molecule has 0 aliphatic carbocycles. The first-order valence-corrected chi connectivity index (χ1v) is 5.59. The number of carbonyl (C=O) groups is 1. The summed E-state index contributed by atoms with van der Waals surface area (Å²) in [6.07, 6.45) is -0.697. The third-order valence-corrected chi connectivity index (χ3v) is 2.92. The summed E-state index contributed by atoms with van der Waals surface area (Å²) in [6.45, 7) is 1.75. The molecular weight excluding hydrogens is 247 g/mol. The van der Waals surface area contributed by atoms with E-state index in [1.54, 1.807) is 6.92 Å². The summed E-state index contributed by atoms with van der Waals surface area (Å²) in [7, 11) is 1.25. The van der Waals surface area contributed by atoms with Gasteiger partial charge in [-0.1, -0.05) is 24.6 Å². The van der Waals surface area contributed by atoms with Gasteiger partial charge < -0.3 is 9.84 Å². The number of hydrogen-bond donors (Lipinski definition) is 1. The Hall–Kier alpha value is -1.13. The maximum atomic E-state index is 13.2. The van der Waals surface area contributed by atoms with Crippen LogP contribution >= 0.6 is 11.6 Å². The molecule has 0 spiro atoms. The van der Waals surface area contributed by atoms with Crippen LogP contribution in [0.25, 0.3) is 0 Å². The van der Waals surface area contributed by atoms with Crippen LogP contribution in [0.4, 0.5) is 4.39 Å². The molecule has 5 heteroatoms. The zero-order valence-corrected chi connectivity index (χ0v) is 10.4. The minimum absolute atomic E-state index is 0.0212. The van der Waals surface area contributed by atoms with Gasteiger partial charge in [-0.05, 0) is 24.1 Å². The van der Waals surface area contributed by atoms with E-state index in [4.69, 9.17) is 11.6 Å². The van der Waals surface area contributed by atoms with Gasteiger partial charge in [0.15, 0.2) is 0 Å². The molecule has 0 saturated heterocycles. The normalized spacial score (nSPS) is 14.2. The molecule has 94 valence electrons. The summed E-state index contributed by atoms with van der Waals surface area (Å²) in [4.78, 5) is 11.4. The van der Waals surface area contributed by atoms with Crippen molar-refractivity contribution in [3.8, 4) is 0 Å². The maximum absolute atomic E-state index is 13.2. The Labute approximate surface area is 104 Å². The minimum Gasteiger partial charge on any atom is -0.469 e. The van der Waals surface area contributed by atoms with E-state index in [9.17, 15) is 14.3 Å². The summed E-state index contributed by atoms with van der Waals surface area (Å²) in [6, 6.07) is 3.96. The minimum atomic E-state index is -1.10. The molecule has 1 rings (SSSR count). The van der Waals surface area contributed by atoms with Gasteiger partial charge in [0.25, 0.3) is 0 Å². The van der Waals surface area contributed by atoms with Crippen molar-refractivity contribution in [2.45, 2.75) is 19.4 Å². The third kappa shape index (κ3) is 3.17. The van der Waals surface area contributed by atoms with Crippen molar-refractivity contribution in [3.63, 3.8) is 0 Å². The second kappa shape index (κ2) is 5.98. The first-order chi connectivity index (χ1) is 8.01. The molecule has 0 aliphatic heterocycles. The fraction of sp³-hybridized carbons (Fsp3) is 0.417. The van der Waals surface area contributed by atoms with Gasteiger partial charge in [-0.2, -0.15) is 0 Å². The van der Waals surface area contributed by atoms with E-state index in [0.29, 0.717) is 12.0 Å².